The van der Waals surface area contributed by atoms with Crippen LogP contribution >= 0.6 is 11.8 Å². The van der Waals surface area contributed by atoms with E-state index >= 15 is 0 Å². The Balaban J connectivity index is 1.28. The van der Waals surface area contributed by atoms with Gasteiger partial charge in [-0.15, -0.1) is 15.3 Å². The topological polar surface area (TPSA) is 90.5 Å². The number of amides is 1. The van der Waals surface area contributed by atoms with Gasteiger partial charge < -0.3 is 0 Å². The van der Waals surface area contributed by atoms with Crippen LogP contribution in [0.1, 0.15) is 5.56 Å². The fourth-order valence-corrected chi connectivity index (χ4v) is 4.19. The highest BCUT2D eigenvalue weighted by Gasteiger charge is 2.17. The van der Waals surface area contributed by atoms with Crippen LogP contribution in [-0.2, 0) is 11.3 Å². The molecular formula is C25H21N7OS. The molecule has 0 radical (unpaired) electrons. The summed E-state index contributed by atoms with van der Waals surface area (Å²) in [6, 6.07) is 29.7. The molecule has 2 aromatic heterocycles. The van der Waals surface area contributed by atoms with Crippen molar-refractivity contribution < 1.29 is 4.79 Å². The lowest BCUT2D eigenvalue weighted by atomic mass is 10.2. The Morgan fingerprint density at radius 3 is 2.26 bits per heavy atom. The number of nitrogens with one attached hydrogen (secondary N) is 1. The number of carbonyl (C=O) groups excluding carboxylic acids is 1. The molecule has 9 heteroatoms. The molecule has 1 N–H and O–H groups in total. The second kappa shape index (κ2) is 10.1. The summed E-state index contributed by atoms with van der Waals surface area (Å²) in [5.41, 5.74) is 2.98. The molecule has 0 unspecified atom stereocenters. The minimum absolute atomic E-state index is 0.146. The number of rotatable bonds is 8. The number of thioether (sulfide) groups is 1. The Bertz CT molecular complexity index is 1370. The number of aromatic nitrogens is 6. The molecule has 34 heavy (non-hydrogen) atoms. The van der Waals surface area contributed by atoms with Gasteiger partial charge in [-0.05, 0) is 17.7 Å². The van der Waals surface area contributed by atoms with E-state index in [0.717, 1.165) is 22.6 Å². The van der Waals surface area contributed by atoms with Crippen LogP contribution in [0.15, 0.2) is 102 Å². The van der Waals surface area contributed by atoms with Crippen LogP contribution in [0.5, 0.6) is 0 Å². The molecule has 0 aliphatic carbocycles. The van der Waals surface area contributed by atoms with Gasteiger partial charge in [0.25, 0.3) is 0 Å². The molecule has 168 valence electrons. The van der Waals surface area contributed by atoms with Crippen LogP contribution in [0.4, 0.5) is 5.95 Å². The molecule has 0 aliphatic rings. The van der Waals surface area contributed by atoms with E-state index in [0.29, 0.717) is 11.7 Å². The third-order valence-electron chi connectivity index (χ3n) is 4.99. The van der Waals surface area contributed by atoms with Gasteiger partial charge in [0.05, 0.1) is 12.3 Å². The Kier molecular flexibility index (Phi) is 6.44. The van der Waals surface area contributed by atoms with E-state index in [1.807, 2.05) is 95.6 Å². The van der Waals surface area contributed by atoms with Gasteiger partial charge in [0, 0.05) is 11.3 Å². The average Bonchev–Trinajstić information content (AvgIpc) is 3.51. The predicted molar refractivity (Wildman–Crippen MR) is 132 cm³/mol. The molecule has 0 saturated carbocycles. The Morgan fingerprint density at radius 1 is 0.853 bits per heavy atom. The lowest BCUT2D eigenvalue weighted by Gasteiger charge is -2.10. The Morgan fingerprint density at radius 2 is 1.53 bits per heavy atom. The van der Waals surface area contributed by atoms with Crippen molar-refractivity contribution in [3.63, 3.8) is 0 Å². The highest BCUT2D eigenvalue weighted by molar-refractivity contribution is 7.99. The van der Waals surface area contributed by atoms with E-state index in [-0.39, 0.29) is 17.6 Å². The molecule has 1 amide bonds. The van der Waals surface area contributed by atoms with Crippen molar-refractivity contribution in [2.24, 2.45) is 0 Å². The summed E-state index contributed by atoms with van der Waals surface area (Å²) >= 11 is 1.31. The summed E-state index contributed by atoms with van der Waals surface area (Å²) in [5, 5.41) is 16.5. The van der Waals surface area contributed by atoms with Crippen LogP contribution in [0.2, 0.25) is 0 Å². The van der Waals surface area contributed by atoms with Gasteiger partial charge in [-0.1, -0.05) is 90.6 Å². The van der Waals surface area contributed by atoms with E-state index in [4.69, 9.17) is 0 Å². The van der Waals surface area contributed by atoms with Gasteiger partial charge in [0.15, 0.2) is 11.0 Å². The quantitative estimate of drug-likeness (QED) is 0.342. The minimum Gasteiger partial charge on any atom is -0.292 e. The van der Waals surface area contributed by atoms with E-state index in [1.54, 1.807) is 11.0 Å². The average molecular weight is 468 g/mol. The first-order valence-electron chi connectivity index (χ1n) is 10.7. The van der Waals surface area contributed by atoms with Gasteiger partial charge in [-0.2, -0.15) is 0 Å². The zero-order chi connectivity index (χ0) is 23.2. The lowest BCUT2D eigenvalue weighted by Crippen LogP contribution is -2.16. The van der Waals surface area contributed by atoms with Crippen LogP contribution < -0.4 is 5.32 Å². The number of hydrogen-bond donors (Lipinski definition) is 1. The van der Waals surface area contributed by atoms with Gasteiger partial charge in [-0.25, -0.2) is 9.67 Å². The highest BCUT2D eigenvalue weighted by atomic mass is 32.2. The molecule has 0 bridgehead atoms. The Hall–Kier alpha value is -4.24. The number of benzene rings is 3. The summed E-state index contributed by atoms with van der Waals surface area (Å²) in [6.07, 6.45) is 1.61. The van der Waals surface area contributed by atoms with E-state index in [2.05, 4.69) is 25.6 Å². The molecule has 3 aromatic carbocycles. The second-order valence-electron chi connectivity index (χ2n) is 7.43. The zero-order valence-corrected chi connectivity index (χ0v) is 19.0. The van der Waals surface area contributed by atoms with Crippen LogP contribution in [-0.4, -0.2) is 41.2 Å². The number of hydrogen-bond acceptors (Lipinski definition) is 6. The smallest absolute Gasteiger partial charge is 0.248 e. The third kappa shape index (κ3) is 5.05. The molecule has 0 saturated heterocycles. The van der Waals surface area contributed by atoms with Crippen LogP contribution in [0, 0.1) is 0 Å². The molecule has 0 fully saturated rings. The van der Waals surface area contributed by atoms with Crippen LogP contribution in [0.3, 0.4) is 0 Å². The van der Waals surface area contributed by atoms with Crippen molar-refractivity contribution in [3.05, 3.63) is 103 Å². The maximum absolute atomic E-state index is 12.6. The summed E-state index contributed by atoms with van der Waals surface area (Å²) in [5.74, 6) is 0.922. The highest BCUT2D eigenvalue weighted by Crippen LogP contribution is 2.27. The van der Waals surface area contributed by atoms with E-state index in [9.17, 15) is 4.79 Å². The van der Waals surface area contributed by atoms with Crippen molar-refractivity contribution >= 4 is 23.6 Å². The van der Waals surface area contributed by atoms with Gasteiger partial charge >= 0.3 is 0 Å². The van der Waals surface area contributed by atoms with Crippen molar-refractivity contribution in [2.75, 3.05) is 11.1 Å². The lowest BCUT2D eigenvalue weighted by molar-refractivity contribution is -0.113. The standard InChI is InChI=1S/C25H21N7OS/c33-22(27-24-26-18-31(30-24)16-19-10-4-1-5-11-19)17-34-25-29-28-23(20-12-6-2-7-13-20)32(25)21-14-8-3-9-15-21/h1-15,18H,16-17H2,(H,27,30,33). The van der Waals surface area contributed by atoms with Gasteiger partial charge in [0.2, 0.25) is 11.9 Å². The molecule has 5 rings (SSSR count). The maximum Gasteiger partial charge on any atom is 0.248 e. The number of para-hydroxylation sites is 1. The Labute approximate surface area is 200 Å². The predicted octanol–water partition coefficient (Wildman–Crippen LogP) is 4.30. The second-order valence-corrected chi connectivity index (χ2v) is 8.37. The van der Waals surface area contributed by atoms with Gasteiger partial charge in [-0.3, -0.25) is 14.7 Å². The molecule has 0 atom stereocenters. The number of carbonyl (C=O) groups is 1. The number of nitrogens with zero attached hydrogens (tertiary/aromatic N) is 6. The van der Waals surface area contributed by atoms with E-state index < -0.39 is 0 Å². The molecule has 2 heterocycles. The first-order valence-corrected chi connectivity index (χ1v) is 11.7. The first kappa shape index (κ1) is 21.6. The summed E-state index contributed by atoms with van der Waals surface area (Å²) in [7, 11) is 0. The molecule has 0 aliphatic heterocycles. The fourth-order valence-electron chi connectivity index (χ4n) is 3.44. The molecule has 8 nitrogen and oxygen atoms in total. The maximum atomic E-state index is 12.6. The van der Waals surface area contributed by atoms with Crippen LogP contribution in [0.25, 0.3) is 17.1 Å². The summed E-state index contributed by atoms with van der Waals surface area (Å²) < 4.78 is 3.65. The summed E-state index contributed by atoms with van der Waals surface area (Å²) in [6.45, 7) is 0.584. The van der Waals surface area contributed by atoms with Crippen molar-refractivity contribution in [1.29, 1.82) is 0 Å². The van der Waals surface area contributed by atoms with Crippen molar-refractivity contribution in [1.82, 2.24) is 29.5 Å². The summed E-state index contributed by atoms with van der Waals surface area (Å²) in [4.78, 5) is 16.8. The van der Waals surface area contributed by atoms with E-state index in [1.165, 1.54) is 11.8 Å². The van der Waals surface area contributed by atoms with Crippen molar-refractivity contribution in [2.45, 2.75) is 11.7 Å². The fraction of sp³-hybridized carbons (Fsp3) is 0.0800. The SMILES string of the molecule is O=C(CSc1nnc(-c2ccccc2)n1-c1ccccc1)Nc1ncn(Cc2ccccc2)n1. The normalized spacial score (nSPS) is 10.8. The largest absolute Gasteiger partial charge is 0.292 e. The third-order valence-corrected chi connectivity index (χ3v) is 5.92. The molecular weight excluding hydrogens is 446 g/mol. The zero-order valence-electron chi connectivity index (χ0n) is 18.2. The molecule has 0 spiro atoms. The minimum atomic E-state index is -0.216. The van der Waals surface area contributed by atoms with Crippen molar-refractivity contribution in [3.8, 4) is 17.1 Å². The monoisotopic (exact) mass is 467 g/mol. The van der Waals surface area contributed by atoms with Gasteiger partial charge in [0.1, 0.15) is 6.33 Å². The molecule has 5 aromatic rings. The number of anilines is 1. The first-order chi connectivity index (χ1) is 16.8.